The Morgan fingerprint density at radius 2 is 1.95 bits per heavy atom. The van der Waals surface area contributed by atoms with E-state index in [-0.39, 0.29) is 11.7 Å². The van der Waals surface area contributed by atoms with Crippen LogP contribution in [0.4, 0.5) is 5.69 Å². The van der Waals surface area contributed by atoms with Crippen LogP contribution in [0.25, 0.3) is 0 Å². The zero-order chi connectivity index (χ0) is 14.9. The summed E-state index contributed by atoms with van der Waals surface area (Å²) in [5.41, 5.74) is 5.20. The number of nitrogens with one attached hydrogen (secondary N) is 1. The lowest BCUT2D eigenvalue weighted by Crippen LogP contribution is -2.54. The predicted octanol–water partition coefficient (Wildman–Crippen LogP) is 3.09. The lowest BCUT2D eigenvalue weighted by Gasteiger charge is -2.43. The van der Waals surface area contributed by atoms with Crippen molar-refractivity contribution < 1.29 is 10.0 Å². The first-order valence-corrected chi connectivity index (χ1v) is 6.88. The third-order valence-electron chi connectivity index (χ3n) is 3.55. The van der Waals surface area contributed by atoms with Gasteiger partial charge in [-0.1, -0.05) is 35.3 Å². The third kappa shape index (κ3) is 2.69. The minimum atomic E-state index is -0.955. The average Bonchev–Trinajstić information content (AvgIpc) is 2.32. The van der Waals surface area contributed by atoms with Crippen LogP contribution in [0.2, 0.25) is 10.0 Å². The number of nitrogens with zero attached hydrogens (tertiary/aromatic N) is 1. The van der Waals surface area contributed by atoms with Gasteiger partial charge in [-0.2, -0.15) is 0 Å². The SMILES string of the molecule is CC1CC(C(=O)Nc2cc(Cl)cc(Cl)c2)(/C(N)=N/O)C1. The van der Waals surface area contributed by atoms with E-state index in [1.165, 1.54) is 0 Å². The first kappa shape index (κ1) is 14.9. The maximum absolute atomic E-state index is 12.4. The number of rotatable bonds is 3. The molecule has 5 nitrogen and oxygen atoms in total. The first-order chi connectivity index (χ1) is 9.37. The molecule has 0 saturated heterocycles. The van der Waals surface area contributed by atoms with Crippen LogP contribution in [0.1, 0.15) is 19.8 Å². The van der Waals surface area contributed by atoms with E-state index in [9.17, 15) is 4.79 Å². The maximum Gasteiger partial charge on any atom is 0.238 e. The van der Waals surface area contributed by atoms with E-state index in [0.29, 0.717) is 34.5 Å². The molecule has 1 aliphatic rings. The molecule has 108 valence electrons. The molecule has 0 atom stereocenters. The highest BCUT2D eigenvalue weighted by molar-refractivity contribution is 6.35. The number of carbonyl (C=O) groups is 1. The molecule has 20 heavy (non-hydrogen) atoms. The molecule has 1 saturated carbocycles. The van der Waals surface area contributed by atoms with Crippen molar-refractivity contribution in [1.82, 2.24) is 0 Å². The molecule has 1 aliphatic carbocycles. The monoisotopic (exact) mass is 315 g/mol. The van der Waals surface area contributed by atoms with E-state index >= 15 is 0 Å². The van der Waals surface area contributed by atoms with Gasteiger partial charge in [0.15, 0.2) is 5.84 Å². The van der Waals surface area contributed by atoms with Gasteiger partial charge < -0.3 is 16.3 Å². The van der Waals surface area contributed by atoms with Crippen molar-refractivity contribution in [2.24, 2.45) is 22.2 Å². The average molecular weight is 316 g/mol. The minimum absolute atomic E-state index is 0.0683. The highest BCUT2D eigenvalue weighted by atomic mass is 35.5. The second-order valence-electron chi connectivity index (χ2n) is 5.19. The molecule has 1 aromatic carbocycles. The van der Waals surface area contributed by atoms with Crippen molar-refractivity contribution in [3.63, 3.8) is 0 Å². The summed E-state index contributed by atoms with van der Waals surface area (Å²) in [6, 6.07) is 4.75. The molecule has 0 aliphatic heterocycles. The number of benzene rings is 1. The number of carbonyl (C=O) groups excluding carboxylic acids is 1. The van der Waals surface area contributed by atoms with Crippen LogP contribution >= 0.6 is 23.2 Å². The molecule has 1 fully saturated rings. The summed E-state index contributed by atoms with van der Waals surface area (Å²) in [6.45, 7) is 2.01. The van der Waals surface area contributed by atoms with Gasteiger partial charge in [0.1, 0.15) is 5.41 Å². The quantitative estimate of drug-likeness (QED) is 0.346. The second kappa shape index (κ2) is 5.50. The Kier molecular flexibility index (Phi) is 4.11. The molecule has 0 spiro atoms. The van der Waals surface area contributed by atoms with Crippen molar-refractivity contribution in [2.75, 3.05) is 5.32 Å². The second-order valence-corrected chi connectivity index (χ2v) is 6.07. The molecule has 1 aromatic rings. The van der Waals surface area contributed by atoms with Gasteiger partial charge in [0.25, 0.3) is 0 Å². The van der Waals surface area contributed by atoms with Crippen LogP contribution in [0, 0.1) is 11.3 Å². The highest BCUT2D eigenvalue weighted by Crippen LogP contribution is 2.46. The molecule has 0 aromatic heterocycles. The van der Waals surface area contributed by atoms with Crippen molar-refractivity contribution in [3.05, 3.63) is 28.2 Å². The van der Waals surface area contributed by atoms with Crippen LogP contribution < -0.4 is 11.1 Å². The zero-order valence-corrected chi connectivity index (χ0v) is 12.4. The van der Waals surface area contributed by atoms with Gasteiger partial charge in [-0.15, -0.1) is 0 Å². The molecule has 0 unspecified atom stereocenters. The van der Waals surface area contributed by atoms with Crippen LogP contribution in [0.3, 0.4) is 0 Å². The Morgan fingerprint density at radius 1 is 1.40 bits per heavy atom. The van der Waals surface area contributed by atoms with Crippen molar-refractivity contribution >= 4 is 40.6 Å². The summed E-state index contributed by atoms with van der Waals surface area (Å²) in [7, 11) is 0. The topological polar surface area (TPSA) is 87.7 Å². The number of anilines is 1. The van der Waals surface area contributed by atoms with E-state index in [4.69, 9.17) is 34.1 Å². The highest BCUT2D eigenvalue weighted by Gasteiger charge is 2.52. The van der Waals surface area contributed by atoms with Crippen LogP contribution in [0.15, 0.2) is 23.4 Å². The lowest BCUT2D eigenvalue weighted by atomic mass is 9.61. The molecular formula is C13H15Cl2N3O2. The minimum Gasteiger partial charge on any atom is -0.409 e. The van der Waals surface area contributed by atoms with Gasteiger partial charge in [-0.25, -0.2) is 0 Å². The molecule has 0 radical (unpaired) electrons. The normalized spacial score (nSPS) is 25.9. The van der Waals surface area contributed by atoms with Gasteiger partial charge in [-0.3, -0.25) is 4.79 Å². The summed E-state index contributed by atoms with van der Waals surface area (Å²) in [5, 5.41) is 15.4. The van der Waals surface area contributed by atoms with Crippen LogP contribution in [-0.4, -0.2) is 17.0 Å². The predicted molar refractivity (Wildman–Crippen MR) is 79.3 cm³/mol. The number of halogens is 2. The molecule has 0 bridgehead atoms. The number of nitrogens with two attached hydrogens (primary N) is 1. The molecule has 1 amide bonds. The Hall–Kier alpha value is -1.46. The van der Waals surface area contributed by atoms with Gasteiger partial charge in [-0.05, 0) is 37.0 Å². The van der Waals surface area contributed by atoms with Gasteiger partial charge >= 0.3 is 0 Å². The van der Waals surface area contributed by atoms with Gasteiger partial charge in [0.2, 0.25) is 5.91 Å². The van der Waals surface area contributed by atoms with E-state index in [0.717, 1.165) is 0 Å². The van der Waals surface area contributed by atoms with Crippen LogP contribution in [-0.2, 0) is 4.79 Å². The van der Waals surface area contributed by atoms with E-state index in [2.05, 4.69) is 10.5 Å². The molecule has 4 N–H and O–H groups in total. The van der Waals surface area contributed by atoms with Crippen molar-refractivity contribution in [1.29, 1.82) is 0 Å². The molecule has 0 heterocycles. The van der Waals surface area contributed by atoms with E-state index in [1.807, 2.05) is 6.92 Å². The summed E-state index contributed by atoms with van der Waals surface area (Å²) in [5.74, 6) is -0.0329. The Bertz CT molecular complexity index is 548. The number of hydrogen-bond acceptors (Lipinski definition) is 3. The summed E-state index contributed by atoms with van der Waals surface area (Å²) in [6.07, 6.45) is 1.09. The van der Waals surface area contributed by atoms with Crippen molar-refractivity contribution in [2.45, 2.75) is 19.8 Å². The molecule has 7 heteroatoms. The Morgan fingerprint density at radius 3 is 2.40 bits per heavy atom. The van der Waals surface area contributed by atoms with E-state index < -0.39 is 5.41 Å². The number of oxime groups is 1. The summed E-state index contributed by atoms with van der Waals surface area (Å²) >= 11 is 11.8. The fourth-order valence-electron chi connectivity index (χ4n) is 2.61. The Labute approximate surface area is 126 Å². The van der Waals surface area contributed by atoms with Crippen LogP contribution in [0.5, 0.6) is 0 Å². The molecular weight excluding hydrogens is 301 g/mol. The smallest absolute Gasteiger partial charge is 0.238 e. The zero-order valence-electron chi connectivity index (χ0n) is 10.9. The number of hydrogen-bond donors (Lipinski definition) is 3. The largest absolute Gasteiger partial charge is 0.409 e. The van der Waals surface area contributed by atoms with E-state index in [1.54, 1.807) is 18.2 Å². The fraction of sp³-hybridized carbons (Fsp3) is 0.385. The number of amidine groups is 1. The summed E-state index contributed by atoms with van der Waals surface area (Å²) in [4.78, 5) is 12.4. The van der Waals surface area contributed by atoms with Gasteiger partial charge in [0.05, 0.1) is 0 Å². The molecule has 2 rings (SSSR count). The fourth-order valence-corrected chi connectivity index (χ4v) is 3.14. The van der Waals surface area contributed by atoms with Crippen molar-refractivity contribution in [3.8, 4) is 0 Å². The third-order valence-corrected chi connectivity index (χ3v) is 3.98. The Balaban J connectivity index is 2.22. The lowest BCUT2D eigenvalue weighted by molar-refractivity contribution is -0.127. The first-order valence-electron chi connectivity index (χ1n) is 6.13. The summed E-state index contributed by atoms with van der Waals surface area (Å²) < 4.78 is 0. The maximum atomic E-state index is 12.4. The standard InChI is InChI=1S/C13H15Cl2N3O2/c1-7-5-13(6-7,11(16)18-20)12(19)17-10-3-8(14)2-9(15)4-10/h2-4,7,20H,5-6H2,1H3,(H2,16,18)(H,17,19). The van der Waals surface area contributed by atoms with Gasteiger partial charge in [0, 0.05) is 15.7 Å². The number of amides is 1.